The molecule has 0 bridgehead atoms. The van der Waals surface area contributed by atoms with Gasteiger partial charge in [0, 0.05) is 19.5 Å². The third kappa shape index (κ3) is 4.10. The lowest BCUT2D eigenvalue weighted by atomic mass is 10.0. The maximum atomic E-state index is 11.7. The van der Waals surface area contributed by atoms with Crippen molar-refractivity contribution in [2.75, 3.05) is 31.1 Å². The van der Waals surface area contributed by atoms with Crippen LogP contribution in [0.2, 0.25) is 0 Å². The smallest absolute Gasteiger partial charge is 0.220 e. The molecule has 2 aliphatic rings. The number of amides is 1. The molecule has 1 amide bonds. The molecule has 6 heteroatoms. The van der Waals surface area contributed by atoms with Gasteiger partial charge in [-0.1, -0.05) is 11.6 Å². The Morgan fingerprint density at radius 2 is 2.33 bits per heavy atom. The molecule has 2 heterocycles. The molecule has 5 nitrogen and oxygen atoms in total. The average molecular weight is 272 g/mol. The summed E-state index contributed by atoms with van der Waals surface area (Å²) in [5.41, 5.74) is 1.25. The van der Waals surface area contributed by atoms with Gasteiger partial charge in [0.1, 0.15) is 0 Å². The van der Waals surface area contributed by atoms with Crippen LogP contribution in [0.1, 0.15) is 19.3 Å². The predicted octanol–water partition coefficient (Wildman–Crippen LogP) is -0.153. The highest BCUT2D eigenvalue weighted by molar-refractivity contribution is 7.91. The van der Waals surface area contributed by atoms with E-state index in [-0.39, 0.29) is 23.3 Å². The first-order valence-electron chi connectivity index (χ1n) is 6.41. The highest BCUT2D eigenvalue weighted by Crippen LogP contribution is 2.21. The van der Waals surface area contributed by atoms with Gasteiger partial charge in [-0.2, -0.15) is 0 Å². The van der Waals surface area contributed by atoms with E-state index in [1.807, 2.05) is 0 Å². The van der Waals surface area contributed by atoms with Gasteiger partial charge >= 0.3 is 0 Å². The standard InChI is InChI=1S/C12H20N2O3S/c15-12(7-11-3-6-18(16,17)9-11)14-8-10-1-4-13-5-2-10/h1,11,13H,2-9H2,(H,14,15). The maximum Gasteiger partial charge on any atom is 0.220 e. The van der Waals surface area contributed by atoms with Crippen molar-refractivity contribution in [3.63, 3.8) is 0 Å². The second-order valence-corrected chi connectivity index (χ2v) is 7.30. The van der Waals surface area contributed by atoms with E-state index in [1.54, 1.807) is 0 Å². The molecule has 1 atom stereocenters. The number of nitrogens with one attached hydrogen (secondary N) is 2. The third-order valence-electron chi connectivity index (χ3n) is 3.47. The molecule has 0 aliphatic carbocycles. The van der Waals surface area contributed by atoms with Crippen molar-refractivity contribution in [1.82, 2.24) is 10.6 Å². The summed E-state index contributed by atoms with van der Waals surface area (Å²) >= 11 is 0. The number of hydrogen-bond donors (Lipinski definition) is 2. The van der Waals surface area contributed by atoms with Crippen molar-refractivity contribution in [3.05, 3.63) is 11.6 Å². The zero-order chi connectivity index (χ0) is 13.0. The molecule has 2 rings (SSSR count). The van der Waals surface area contributed by atoms with Gasteiger partial charge in [0.15, 0.2) is 9.84 Å². The van der Waals surface area contributed by atoms with Crippen LogP contribution in [-0.2, 0) is 14.6 Å². The first-order valence-corrected chi connectivity index (χ1v) is 8.23. The number of sulfone groups is 1. The van der Waals surface area contributed by atoms with Gasteiger partial charge in [0.05, 0.1) is 11.5 Å². The Morgan fingerprint density at radius 1 is 1.50 bits per heavy atom. The van der Waals surface area contributed by atoms with Crippen LogP contribution in [0.5, 0.6) is 0 Å². The molecule has 1 saturated heterocycles. The van der Waals surface area contributed by atoms with Crippen molar-refractivity contribution in [3.8, 4) is 0 Å². The Balaban J connectivity index is 1.71. The number of carbonyl (C=O) groups excluding carboxylic acids is 1. The van der Waals surface area contributed by atoms with Crippen molar-refractivity contribution in [2.24, 2.45) is 5.92 Å². The lowest BCUT2D eigenvalue weighted by molar-refractivity contribution is -0.121. The van der Waals surface area contributed by atoms with E-state index in [2.05, 4.69) is 16.7 Å². The Labute approximate surface area is 108 Å². The topological polar surface area (TPSA) is 75.3 Å². The Kier molecular flexibility index (Phi) is 4.40. The quantitative estimate of drug-likeness (QED) is 0.698. The largest absolute Gasteiger partial charge is 0.352 e. The molecule has 0 spiro atoms. The highest BCUT2D eigenvalue weighted by Gasteiger charge is 2.29. The summed E-state index contributed by atoms with van der Waals surface area (Å²) in [6, 6.07) is 0. The van der Waals surface area contributed by atoms with Crippen molar-refractivity contribution in [2.45, 2.75) is 19.3 Å². The molecule has 1 unspecified atom stereocenters. The van der Waals surface area contributed by atoms with Crippen LogP contribution in [0.25, 0.3) is 0 Å². The second-order valence-electron chi connectivity index (χ2n) is 5.07. The minimum absolute atomic E-state index is 0.0111. The van der Waals surface area contributed by atoms with E-state index < -0.39 is 9.84 Å². The van der Waals surface area contributed by atoms with E-state index in [4.69, 9.17) is 0 Å². The summed E-state index contributed by atoms with van der Waals surface area (Å²) in [5, 5.41) is 6.09. The summed E-state index contributed by atoms with van der Waals surface area (Å²) in [6.45, 7) is 2.43. The SMILES string of the molecule is O=C(CC1CCS(=O)(=O)C1)NCC1=CCNCC1. The summed E-state index contributed by atoms with van der Waals surface area (Å²) in [4.78, 5) is 11.7. The molecular formula is C12H20N2O3S. The van der Waals surface area contributed by atoms with Crippen LogP contribution in [0, 0.1) is 5.92 Å². The van der Waals surface area contributed by atoms with Gasteiger partial charge in [0.2, 0.25) is 5.91 Å². The number of carbonyl (C=O) groups is 1. The molecule has 2 N–H and O–H groups in total. The van der Waals surface area contributed by atoms with Crippen LogP contribution in [0.4, 0.5) is 0 Å². The van der Waals surface area contributed by atoms with Gasteiger partial charge in [0.25, 0.3) is 0 Å². The molecule has 0 aromatic rings. The summed E-state index contributed by atoms with van der Waals surface area (Å²) in [5.74, 6) is 0.392. The minimum atomic E-state index is -2.88. The monoisotopic (exact) mass is 272 g/mol. The lowest BCUT2D eigenvalue weighted by Crippen LogP contribution is -2.30. The van der Waals surface area contributed by atoms with Gasteiger partial charge < -0.3 is 10.6 Å². The van der Waals surface area contributed by atoms with E-state index in [0.717, 1.165) is 19.5 Å². The van der Waals surface area contributed by atoms with Crippen LogP contribution in [0.15, 0.2) is 11.6 Å². The van der Waals surface area contributed by atoms with Gasteiger partial charge in [-0.05, 0) is 25.3 Å². The fourth-order valence-corrected chi connectivity index (χ4v) is 4.27. The minimum Gasteiger partial charge on any atom is -0.352 e. The fourth-order valence-electron chi connectivity index (χ4n) is 2.41. The average Bonchev–Trinajstić information content (AvgIpc) is 2.67. The first-order chi connectivity index (χ1) is 8.55. The molecular weight excluding hydrogens is 252 g/mol. The highest BCUT2D eigenvalue weighted by atomic mass is 32.2. The Morgan fingerprint density at radius 3 is 2.94 bits per heavy atom. The van der Waals surface area contributed by atoms with Crippen molar-refractivity contribution >= 4 is 15.7 Å². The van der Waals surface area contributed by atoms with Gasteiger partial charge in [-0.25, -0.2) is 8.42 Å². The van der Waals surface area contributed by atoms with E-state index in [0.29, 0.717) is 19.4 Å². The summed E-state index contributed by atoms with van der Waals surface area (Å²) < 4.78 is 22.6. The normalized spacial score (nSPS) is 26.7. The number of hydrogen-bond acceptors (Lipinski definition) is 4. The second kappa shape index (κ2) is 5.84. The van der Waals surface area contributed by atoms with Crippen LogP contribution in [0.3, 0.4) is 0 Å². The zero-order valence-electron chi connectivity index (χ0n) is 10.4. The molecule has 2 aliphatic heterocycles. The summed E-state index contributed by atoms with van der Waals surface area (Å²) in [7, 11) is -2.88. The van der Waals surface area contributed by atoms with Crippen LogP contribution >= 0.6 is 0 Å². The van der Waals surface area contributed by atoms with E-state index >= 15 is 0 Å². The molecule has 0 aromatic heterocycles. The molecule has 1 fully saturated rings. The summed E-state index contributed by atoms with van der Waals surface area (Å²) in [6.07, 6.45) is 4.04. The van der Waals surface area contributed by atoms with Gasteiger partial charge in [-0.3, -0.25) is 4.79 Å². The molecule has 18 heavy (non-hydrogen) atoms. The molecule has 102 valence electrons. The van der Waals surface area contributed by atoms with Crippen molar-refractivity contribution < 1.29 is 13.2 Å². The molecule has 0 aromatic carbocycles. The number of rotatable bonds is 4. The maximum absolute atomic E-state index is 11.7. The lowest BCUT2D eigenvalue weighted by Gasteiger charge is -2.15. The first kappa shape index (κ1) is 13.5. The third-order valence-corrected chi connectivity index (χ3v) is 5.31. The van der Waals surface area contributed by atoms with Gasteiger partial charge in [-0.15, -0.1) is 0 Å². The Bertz CT molecular complexity index is 442. The molecule has 0 radical (unpaired) electrons. The van der Waals surface area contributed by atoms with E-state index in [1.165, 1.54) is 5.57 Å². The van der Waals surface area contributed by atoms with E-state index in [9.17, 15) is 13.2 Å². The van der Waals surface area contributed by atoms with Crippen LogP contribution in [-0.4, -0.2) is 45.5 Å². The van der Waals surface area contributed by atoms with Crippen LogP contribution < -0.4 is 10.6 Å². The zero-order valence-corrected chi connectivity index (χ0v) is 11.3. The molecule has 0 saturated carbocycles. The fraction of sp³-hybridized carbons (Fsp3) is 0.750. The Hall–Kier alpha value is -0.880. The van der Waals surface area contributed by atoms with Crippen molar-refractivity contribution in [1.29, 1.82) is 0 Å². The predicted molar refractivity (Wildman–Crippen MR) is 70.0 cm³/mol.